The quantitative estimate of drug-likeness (QED) is 0.734. The predicted octanol–water partition coefficient (Wildman–Crippen LogP) is 5.15. The zero-order chi connectivity index (χ0) is 20.6. The largest absolute Gasteiger partial charge is 0.481 e. The van der Waals surface area contributed by atoms with Crippen molar-refractivity contribution in [2.45, 2.75) is 45.3 Å². The van der Waals surface area contributed by atoms with E-state index in [0.29, 0.717) is 6.42 Å². The van der Waals surface area contributed by atoms with Gasteiger partial charge in [0.2, 0.25) is 0 Å². The zero-order valence-electron chi connectivity index (χ0n) is 15.7. The average Bonchev–Trinajstić information content (AvgIpc) is 2.61. The molecule has 1 unspecified atom stereocenters. The van der Waals surface area contributed by atoms with E-state index in [1.54, 1.807) is 6.92 Å². The van der Waals surface area contributed by atoms with Crippen molar-refractivity contribution in [3.8, 4) is 12.3 Å². The van der Waals surface area contributed by atoms with Crippen LogP contribution in [0, 0.1) is 18.3 Å². The van der Waals surface area contributed by atoms with Gasteiger partial charge >= 0.3 is 12.1 Å². The van der Waals surface area contributed by atoms with E-state index in [4.69, 9.17) is 11.5 Å². The molecule has 1 aliphatic heterocycles. The molecule has 3 nitrogen and oxygen atoms in total. The Hall–Kier alpha value is -2.26. The minimum atomic E-state index is -4.33. The molecule has 0 amide bonds. The van der Waals surface area contributed by atoms with Gasteiger partial charge in [-0.1, -0.05) is 31.6 Å². The number of terminal acetylenes is 1. The summed E-state index contributed by atoms with van der Waals surface area (Å²) < 4.78 is 37.9. The first-order valence-corrected chi connectivity index (χ1v) is 8.83. The summed E-state index contributed by atoms with van der Waals surface area (Å²) in [5.74, 6) is 1.59. The summed E-state index contributed by atoms with van der Waals surface area (Å²) in [5, 5.41) is 8.93. The molecule has 6 heteroatoms. The van der Waals surface area contributed by atoms with E-state index in [1.165, 1.54) is 12.1 Å². The number of hydrogen-bond donors (Lipinski definition) is 1. The summed E-state index contributed by atoms with van der Waals surface area (Å²) in [4.78, 5) is 13.1. The lowest BCUT2D eigenvalue weighted by Crippen LogP contribution is -2.37. The Labute approximate surface area is 158 Å². The van der Waals surface area contributed by atoms with Crippen molar-refractivity contribution >= 4 is 5.97 Å². The molecule has 0 radical (unpaired) electrons. The predicted molar refractivity (Wildman–Crippen MR) is 100 cm³/mol. The number of carboxylic acids is 1. The van der Waals surface area contributed by atoms with Crippen LogP contribution in [-0.4, -0.2) is 29.1 Å². The van der Waals surface area contributed by atoms with Crippen LogP contribution in [0.4, 0.5) is 13.2 Å². The molecule has 148 valence electrons. The molecular formula is C21H26F3NO2. The Kier molecular flexibility index (Phi) is 8.58. The highest BCUT2D eigenvalue weighted by atomic mass is 19.4. The maximum absolute atomic E-state index is 12.6. The van der Waals surface area contributed by atoms with Crippen LogP contribution >= 0.6 is 0 Å². The third-order valence-corrected chi connectivity index (χ3v) is 4.56. The first kappa shape index (κ1) is 22.8. The zero-order valence-corrected chi connectivity index (χ0v) is 15.7. The van der Waals surface area contributed by atoms with E-state index in [2.05, 4.69) is 17.4 Å². The van der Waals surface area contributed by atoms with Crippen molar-refractivity contribution in [3.63, 3.8) is 0 Å². The van der Waals surface area contributed by atoms with Crippen molar-refractivity contribution < 1.29 is 23.1 Å². The van der Waals surface area contributed by atoms with Crippen LogP contribution in [0.25, 0.3) is 0 Å². The van der Waals surface area contributed by atoms with Gasteiger partial charge in [-0.25, -0.2) is 0 Å². The highest BCUT2D eigenvalue weighted by Crippen LogP contribution is 2.37. The number of alkyl halides is 3. The number of hydrogen-bond acceptors (Lipinski definition) is 2. The fraction of sp³-hybridized carbons (Fsp3) is 0.476. The number of allylic oxidation sites excluding steroid dienone is 1. The smallest absolute Gasteiger partial charge is 0.416 e. The number of carbonyl (C=O) groups is 1. The topological polar surface area (TPSA) is 40.5 Å². The monoisotopic (exact) mass is 381 g/mol. The van der Waals surface area contributed by atoms with Crippen molar-refractivity contribution in [2.24, 2.45) is 5.92 Å². The number of carboxylic acid groups (broad SMARTS) is 1. The summed E-state index contributed by atoms with van der Waals surface area (Å²) >= 11 is 0. The Morgan fingerprint density at radius 1 is 1.37 bits per heavy atom. The lowest BCUT2D eigenvalue weighted by Gasteiger charge is -2.39. The average molecular weight is 381 g/mol. The summed E-state index contributed by atoms with van der Waals surface area (Å²) in [6.07, 6.45) is 2.10. The van der Waals surface area contributed by atoms with Gasteiger partial charge < -0.3 is 5.11 Å². The minimum absolute atomic E-state index is 0.00890. The van der Waals surface area contributed by atoms with Crippen molar-refractivity contribution in [3.05, 3.63) is 47.5 Å². The molecule has 2 atom stereocenters. The molecular weight excluding hydrogens is 355 g/mol. The lowest BCUT2D eigenvalue weighted by molar-refractivity contribution is -0.139. The van der Waals surface area contributed by atoms with Crippen molar-refractivity contribution in [1.29, 1.82) is 0 Å². The van der Waals surface area contributed by atoms with Crippen molar-refractivity contribution in [1.82, 2.24) is 4.90 Å². The van der Waals surface area contributed by atoms with E-state index < -0.39 is 17.7 Å². The highest BCUT2D eigenvalue weighted by Gasteiger charge is 2.32. The van der Waals surface area contributed by atoms with Crippen LogP contribution in [0.1, 0.15) is 50.3 Å². The maximum atomic E-state index is 12.6. The van der Waals surface area contributed by atoms with Crippen LogP contribution in [0.15, 0.2) is 36.4 Å². The lowest BCUT2D eigenvalue weighted by atomic mass is 9.85. The van der Waals surface area contributed by atoms with Crippen LogP contribution < -0.4 is 0 Å². The number of benzene rings is 1. The molecule has 1 N–H and O–H groups in total. The minimum Gasteiger partial charge on any atom is -0.481 e. The van der Waals surface area contributed by atoms with Crippen LogP contribution in [0.5, 0.6) is 0 Å². The molecule has 0 spiro atoms. The van der Waals surface area contributed by atoms with Gasteiger partial charge in [-0.05, 0) is 62.0 Å². The van der Waals surface area contributed by atoms with E-state index in [-0.39, 0.29) is 18.4 Å². The van der Waals surface area contributed by atoms with Crippen LogP contribution in [-0.2, 0) is 11.0 Å². The Morgan fingerprint density at radius 2 is 1.93 bits per heavy atom. The van der Waals surface area contributed by atoms with Gasteiger partial charge in [0.25, 0.3) is 0 Å². The summed E-state index contributed by atoms with van der Waals surface area (Å²) in [5.41, 5.74) is 0.951. The third kappa shape index (κ3) is 7.48. The fourth-order valence-electron chi connectivity index (χ4n) is 3.14. The van der Waals surface area contributed by atoms with Gasteiger partial charge in [-0.3, -0.25) is 9.69 Å². The molecule has 2 rings (SSSR count). The van der Waals surface area contributed by atoms with Crippen molar-refractivity contribution in [2.75, 3.05) is 13.1 Å². The number of likely N-dealkylation sites (tertiary alicyclic amines) is 1. The normalized spacial score (nSPS) is 20.1. The summed E-state index contributed by atoms with van der Waals surface area (Å²) in [6.45, 7) is 8.81. The first-order chi connectivity index (χ1) is 12.6. The number of piperidine rings is 1. The third-order valence-electron chi connectivity index (χ3n) is 4.56. The summed E-state index contributed by atoms with van der Waals surface area (Å²) in [7, 11) is 0. The molecule has 1 aromatic rings. The molecule has 0 bridgehead atoms. The van der Waals surface area contributed by atoms with Gasteiger partial charge in [-0.15, -0.1) is 6.42 Å². The standard InChI is InChI=1S/C16H20F3NO2.C5H6/c1-2-20-8-7-11(10-15(21)22)9-14(20)12-3-5-13(6-4-12)16(17,18)19;1-4-5(2)3/h3-6,11,14H,2,7-10H2,1H3,(H,21,22);1H,2H2,3H3/t11?,14-;/m0./s1. The van der Waals surface area contributed by atoms with Gasteiger partial charge in [-0.2, -0.15) is 13.2 Å². The summed E-state index contributed by atoms with van der Waals surface area (Å²) in [6, 6.07) is 5.22. The second kappa shape index (κ2) is 10.2. The van der Waals surface area contributed by atoms with E-state index >= 15 is 0 Å². The Morgan fingerprint density at radius 3 is 2.33 bits per heavy atom. The number of rotatable bonds is 4. The Balaban J connectivity index is 0.000000646. The molecule has 27 heavy (non-hydrogen) atoms. The fourth-order valence-corrected chi connectivity index (χ4v) is 3.14. The Bertz CT molecular complexity index is 674. The van der Waals surface area contributed by atoms with E-state index in [1.807, 2.05) is 6.92 Å². The van der Waals surface area contributed by atoms with E-state index in [0.717, 1.165) is 42.8 Å². The van der Waals surface area contributed by atoms with Crippen LogP contribution in [0.3, 0.4) is 0 Å². The molecule has 1 saturated heterocycles. The number of halogens is 3. The van der Waals surface area contributed by atoms with Gasteiger partial charge in [0.15, 0.2) is 0 Å². The molecule has 0 aromatic heterocycles. The number of nitrogens with zero attached hydrogens (tertiary/aromatic N) is 1. The van der Waals surface area contributed by atoms with Gasteiger partial charge in [0.05, 0.1) is 5.56 Å². The molecule has 1 aromatic carbocycles. The second-order valence-electron chi connectivity index (χ2n) is 6.68. The maximum Gasteiger partial charge on any atom is 0.416 e. The molecule has 1 aliphatic rings. The van der Waals surface area contributed by atoms with Gasteiger partial charge in [0.1, 0.15) is 0 Å². The molecule has 1 fully saturated rings. The van der Waals surface area contributed by atoms with Crippen LogP contribution in [0.2, 0.25) is 0 Å². The number of aliphatic carboxylic acids is 1. The highest BCUT2D eigenvalue weighted by molar-refractivity contribution is 5.67. The molecule has 0 aliphatic carbocycles. The molecule has 0 saturated carbocycles. The first-order valence-electron chi connectivity index (χ1n) is 8.83. The van der Waals surface area contributed by atoms with E-state index in [9.17, 15) is 18.0 Å². The second-order valence-corrected chi connectivity index (χ2v) is 6.68. The van der Waals surface area contributed by atoms with Gasteiger partial charge in [0, 0.05) is 12.5 Å². The SMILES string of the molecule is C#CC(=C)C.CCN1CCC(CC(=O)O)C[C@H]1c1ccc(C(F)(F)F)cc1. The molecule has 1 heterocycles.